The number of carbonyl (C=O) groups excluding carboxylic acids is 1. The summed E-state index contributed by atoms with van der Waals surface area (Å²) in [7, 11) is 0. The first-order chi connectivity index (χ1) is 9.45. The molecule has 0 spiro atoms. The minimum Gasteiger partial charge on any atom is -0.394 e. The maximum atomic E-state index is 11.4. The molecule has 6 nitrogen and oxygen atoms in total. The number of anilines is 1. The molecule has 2 atom stereocenters. The Kier molecular flexibility index (Phi) is 4.04. The van der Waals surface area contributed by atoms with Crippen LogP contribution in [-0.2, 0) is 0 Å². The number of aliphatic hydroxyl groups excluding tert-OH is 1. The van der Waals surface area contributed by atoms with Crippen molar-refractivity contribution in [2.24, 2.45) is 5.92 Å². The van der Waals surface area contributed by atoms with E-state index in [4.69, 9.17) is 0 Å². The molecule has 2 unspecified atom stereocenters. The number of hydrogen-bond donors (Lipinski definition) is 1. The molecular formula is C14H18N2O4. The average molecular weight is 278 g/mol. The standard InChI is InChI=1S/C14H18N2O4/c1-9-5-6-15(14(9)8-17)11-3-4-12(10(2)18)13(7-11)16(19)20/h3-4,7,9,14,17H,5-6,8H2,1-2H3. The van der Waals surface area contributed by atoms with Crippen LogP contribution in [0.1, 0.15) is 30.6 Å². The van der Waals surface area contributed by atoms with Gasteiger partial charge in [-0.2, -0.15) is 0 Å². The highest BCUT2D eigenvalue weighted by Gasteiger charge is 2.32. The topological polar surface area (TPSA) is 83.7 Å². The molecule has 1 aliphatic rings. The fraction of sp³-hybridized carbons (Fsp3) is 0.500. The third-order valence-electron chi connectivity index (χ3n) is 3.96. The molecule has 20 heavy (non-hydrogen) atoms. The monoisotopic (exact) mass is 278 g/mol. The maximum absolute atomic E-state index is 11.4. The molecule has 108 valence electrons. The van der Waals surface area contributed by atoms with Gasteiger partial charge in [0.2, 0.25) is 0 Å². The number of aliphatic hydroxyl groups is 1. The van der Waals surface area contributed by atoms with E-state index in [1.807, 2.05) is 4.90 Å². The number of nitro groups is 1. The predicted octanol–water partition coefficient (Wildman–Crippen LogP) is 2.00. The van der Waals surface area contributed by atoms with Crippen molar-refractivity contribution in [1.29, 1.82) is 0 Å². The Morgan fingerprint density at radius 3 is 2.80 bits per heavy atom. The van der Waals surface area contributed by atoms with Crippen LogP contribution in [0.4, 0.5) is 11.4 Å². The zero-order valence-electron chi connectivity index (χ0n) is 11.6. The molecule has 1 N–H and O–H groups in total. The minimum absolute atomic E-state index is 0.0173. The molecule has 0 bridgehead atoms. The second-order valence-electron chi connectivity index (χ2n) is 5.22. The van der Waals surface area contributed by atoms with Crippen molar-refractivity contribution in [2.45, 2.75) is 26.3 Å². The molecule has 0 saturated carbocycles. The van der Waals surface area contributed by atoms with Crippen LogP contribution < -0.4 is 4.90 Å². The van der Waals surface area contributed by atoms with Gasteiger partial charge in [-0.05, 0) is 31.4 Å². The lowest BCUT2D eigenvalue weighted by molar-refractivity contribution is -0.385. The van der Waals surface area contributed by atoms with Gasteiger partial charge < -0.3 is 10.0 Å². The van der Waals surface area contributed by atoms with Crippen molar-refractivity contribution in [3.8, 4) is 0 Å². The first-order valence-corrected chi connectivity index (χ1v) is 6.62. The Labute approximate surface area is 117 Å². The largest absolute Gasteiger partial charge is 0.394 e. The van der Waals surface area contributed by atoms with E-state index in [0.717, 1.165) is 13.0 Å². The molecular weight excluding hydrogens is 260 g/mol. The molecule has 2 rings (SSSR count). The summed E-state index contributed by atoms with van der Waals surface area (Å²) >= 11 is 0. The fourth-order valence-electron chi connectivity index (χ4n) is 2.75. The van der Waals surface area contributed by atoms with Gasteiger partial charge >= 0.3 is 0 Å². The average Bonchev–Trinajstić information content (AvgIpc) is 2.78. The van der Waals surface area contributed by atoms with Gasteiger partial charge in [-0.3, -0.25) is 14.9 Å². The summed E-state index contributed by atoms with van der Waals surface area (Å²) in [4.78, 5) is 24.0. The number of nitrogens with zero attached hydrogens (tertiary/aromatic N) is 2. The summed E-state index contributed by atoms with van der Waals surface area (Å²) in [6.45, 7) is 4.14. The fourth-order valence-corrected chi connectivity index (χ4v) is 2.75. The molecule has 1 heterocycles. The molecule has 1 aliphatic heterocycles. The van der Waals surface area contributed by atoms with Crippen LogP contribution in [0.25, 0.3) is 0 Å². The normalized spacial score (nSPS) is 22.1. The Balaban J connectivity index is 2.41. The molecule has 1 saturated heterocycles. The van der Waals surface area contributed by atoms with Crippen LogP contribution in [0.5, 0.6) is 0 Å². The summed E-state index contributed by atoms with van der Waals surface area (Å²) in [5.74, 6) is 0.0169. The number of benzene rings is 1. The molecule has 1 fully saturated rings. The van der Waals surface area contributed by atoms with E-state index < -0.39 is 4.92 Å². The lowest BCUT2D eigenvalue weighted by Gasteiger charge is -2.27. The van der Waals surface area contributed by atoms with E-state index in [1.165, 1.54) is 19.1 Å². The van der Waals surface area contributed by atoms with Gasteiger partial charge in [0, 0.05) is 18.3 Å². The smallest absolute Gasteiger partial charge is 0.282 e. The van der Waals surface area contributed by atoms with E-state index in [9.17, 15) is 20.0 Å². The van der Waals surface area contributed by atoms with Gasteiger partial charge in [-0.25, -0.2) is 0 Å². The Hall–Kier alpha value is -1.95. The predicted molar refractivity (Wildman–Crippen MR) is 75.1 cm³/mol. The van der Waals surface area contributed by atoms with Crippen LogP contribution in [0.3, 0.4) is 0 Å². The van der Waals surface area contributed by atoms with E-state index in [-0.39, 0.29) is 29.7 Å². The molecule has 1 aromatic rings. The highest BCUT2D eigenvalue weighted by molar-refractivity contribution is 5.98. The van der Waals surface area contributed by atoms with Gasteiger partial charge in [0.15, 0.2) is 5.78 Å². The third kappa shape index (κ3) is 2.51. The highest BCUT2D eigenvalue weighted by Crippen LogP contribution is 2.33. The summed E-state index contributed by atoms with van der Waals surface area (Å²) < 4.78 is 0. The number of ketones is 1. The summed E-state index contributed by atoms with van der Waals surface area (Å²) in [5.41, 5.74) is 0.628. The molecule has 6 heteroatoms. The minimum atomic E-state index is -0.534. The Bertz CT molecular complexity index is 544. The number of carbonyl (C=O) groups is 1. The van der Waals surface area contributed by atoms with Crippen molar-refractivity contribution < 1.29 is 14.8 Å². The first-order valence-electron chi connectivity index (χ1n) is 6.62. The molecule has 0 aliphatic carbocycles. The molecule has 0 amide bonds. The van der Waals surface area contributed by atoms with Gasteiger partial charge in [0.05, 0.1) is 23.1 Å². The van der Waals surface area contributed by atoms with Gasteiger partial charge in [-0.1, -0.05) is 6.92 Å². The zero-order chi connectivity index (χ0) is 14.9. The van der Waals surface area contributed by atoms with Crippen molar-refractivity contribution in [2.75, 3.05) is 18.1 Å². The van der Waals surface area contributed by atoms with Gasteiger partial charge in [0.1, 0.15) is 0 Å². The highest BCUT2D eigenvalue weighted by atomic mass is 16.6. The molecule has 1 aromatic carbocycles. The van der Waals surface area contributed by atoms with E-state index >= 15 is 0 Å². The Morgan fingerprint density at radius 2 is 2.25 bits per heavy atom. The van der Waals surface area contributed by atoms with Crippen molar-refractivity contribution in [3.63, 3.8) is 0 Å². The molecule has 0 aromatic heterocycles. The second kappa shape index (κ2) is 5.58. The van der Waals surface area contributed by atoms with Crippen LogP contribution in [0.2, 0.25) is 0 Å². The van der Waals surface area contributed by atoms with E-state index in [2.05, 4.69) is 6.92 Å². The van der Waals surface area contributed by atoms with Crippen LogP contribution in [-0.4, -0.2) is 35.0 Å². The van der Waals surface area contributed by atoms with E-state index in [1.54, 1.807) is 6.07 Å². The molecule has 0 radical (unpaired) electrons. The van der Waals surface area contributed by atoms with Gasteiger partial charge in [0.25, 0.3) is 5.69 Å². The van der Waals surface area contributed by atoms with Crippen molar-refractivity contribution >= 4 is 17.2 Å². The van der Waals surface area contributed by atoms with Gasteiger partial charge in [-0.15, -0.1) is 0 Å². The first kappa shape index (κ1) is 14.5. The number of nitro benzene ring substituents is 1. The van der Waals surface area contributed by atoms with E-state index in [0.29, 0.717) is 11.6 Å². The maximum Gasteiger partial charge on any atom is 0.282 e. The summed E-state index contributed by atoms with van der Waals surface area (Å²) in [5, 5.41) is 20.6. The summed E-state index contributed by atoms with van der Waals surface area (Å²) in [6.07, 6.45) is 0.938. The Morgan fingerprint density at radius 1 is 1.55 bits per heavy atom. The lowest BCUT2D eigenvalue weighted by Crippen LogP contribution is -2.35. The van der Waals surface area contributed by atoms with Crippen molar-refractivity contribution in [1.82, 2.24) is 0 Å². The number of hydrogen-bond acceptors (Lipinski definition) is 5. The summed E-state index contributed by atoms with van der Waals surface area (Å²) in [6, 6.07) is 4.60. The SMILES string of the molecule is CC(=O)c1ccc(N2CCC(C)C2CO)cc1[N+](=O)[O-]. The zero-order valence-corrected chi connectivity index (χ0v) is 11.6. The second-order valence-corrected chi connectivity index (χ2v) is 5.22. The van der Waals surface area contributed by atoms with Crippen LogP contribution in [0, 0.1) is 16.0 Å². The van der Waals surface area contributed by atoms with Crippen LogP contribution >= 0.6 is 0 Å². The third-order valence-corrected chi connectivity index (χ3v) is 3.96. The number of Topliss-reactive ketones (excluding diaryl/α,β-unsaturated/α-hetero) is 1. The quantitative estimate of drug-likeness (QED) is 0.517. The van der Waals surface area contributed by atoms with Crippen molar-refractivity contribution in [3.05, 3.63) is 33.9 Å². The van der Waals surface area contributed by atoms with Crippen LogP contribution in [0.15, 0.2) is 18.2 Å². The number of rotatable bonds is 4. The lowest BCUT2D eigenvalue weighted by atomic mass is 10.0.